The molecular formula is C19H25ClN4O6S2. The Labute approximate surface area is 192 Å². The summed E-state index contributed by atoms with van der Waals surface area (Å²) < 4.78 is 58.4. The van der Waals surface area contributed by atoms with Gasteiger partial charge in [-0.1, -0.05) is 0 Å². The van der Waals surface area contributed by atoms with Crippen LogP contribution >= 0.6 is 11.6 Å². The molecule has 0 unspecified atom stereocenters. The summed E-state index contributed by atoms with van der Waals surface area (Å²) in [4.78, 5) is 12.8. The van der Waals surface area contributed by atoms with Gasteiger partial charge in [-0.3, -0.25) is 13.8 Å². The Morgan fingerprint density at radius 3 is 2.38 bits per heavy atom. The molecule has 176 valence electrons. The van der Waals surface area contributed by atoms with Crippen molar-refractivity contribution in [2.75, 3.05) is 29.5 Å². The largest absolute Gasteiger partial charge is 0.497 e. The quantitative estimate of drug-likeness (QED) is 0.551. The number of methoxy groups -OCH3 is 1. The van der Waals surface area contributed by atoms with Gasteiger partial charge in [-0.25, -0.2) is 16.8 Å². The molecule has 0 saturated carbocycles. The summed E-state index contributed by atoms with van der Waals surface area (Å²) in [5.41, 5.74) is 0.959. The highest BCUT2D eigenvalue weighted by atomic mass is 35.5. The minimum Gasteiger partial charge on any atom is -0.497 e. The van der Waals surface area contributed by atoms with Crippen LogP contribution in [-0.4, -0.2) is 69.1 Å². The lowest BCUT2D eigenvalue weighted by molar-refractivity contribution is -0.120. The van der Waals surface area contributed by atoms with E-state index in [9.17, 15) is 21.6 Å². The van der Waals surface area contributed by atoms with E-state index in [-0.39, 0.29) is 22.1 Å². The van der Waals surface area contributed by atoms with Crippen molar-refractivity contribution >= 4 is 43.1 Å². The molecule has 0 aliphatic carbocycles. The van der Waals surface area contributed by atoms with Gasteiger partial charge in [0.2, 0.25) is 5.91 Å². The van der Waals surface area contributed by atoms with E-state index in [0.717, 1.165) is 4.31 Å². The van der Waals surface area contributed by atoms with Gasteiger partial charge >= 0.3 is 0 Å². The zero-order valence-electron chi connectivity index (χ0n) is 18.1. The number of anilines is 1. The van der Waals surface area contributed by atoms with Gasteiger partial charge in [0, 0.05) is 7.05 Å². The van der Waals surface area contributed by atoms with Crippen molar-refractivity contribution in [1.82, 2.24) is 15.1 Å². The van der Waals surface area contributed by atoms with Gasteiger partial charge in [0.1, 0.15) is 17.2 Å². The maximum absolute atomic E-state index is 13.6. The van der Waals surface area contributed by atoms with E-state index >= 15 is 0 Å². The number of carbonyl (C=O) groups excluding carboxylic acids is 1. The average molecular weight is 505 g/mol. The molecule has 32 heavy (non-hydrogen) atoms. The van der Waals surface area contributed by atoms with Crippen molar-refractivity contribution in [3.05, 3.63) is 35.7 Å². The summed E-state index contributed by atoms with van der Waals surface area (Å²) in [6.07, 6.45) is 0. The molecule has 2 aromatic rings. The van der Waals surface area contributed by atoms with Crippen LogP contribution in [0.4, 0.5) is 5.69 Å². The van der Waals surface area contributed by atoms with Crippen LogP contribution in [0.5, 0.6) is 5.75 Å². The van der Waals surface area contributed by atoms with Gasteiger partial charge in [0.25, 0.3) is 10.0 Å². The second kappa shape index (κ2) is 8.91. The third kappa shape index (κ3) is 4.86. The normalized spacial score (nSPS) is 20.2. The van der Waals surface area contributed by atoms with Crippen molar-refractivity contribution < 1.29 is 26.4 Å². The van der Waals surface area contributed by atoms with Gasteiger partial charge in [0.15, 0.2) is 9.84 Å². The molecule has 13 heteroatoms. The molecule has 1 amide bonds. The van der Waals surface area contributed by atoms with Crippen molar-refractivity contribution in [2.24, 2.45) is 7.05 Å². The minimum absolute atomic E-state index is 0.00211. The van der Waals surface area contributed by atoms with Crippen molar-refractivity contribution in [3.63, 3.8) is 0 Å². The Bertz CT molecular complexity index is 1230. The molecule has 3 rings (SSSR count). The number of benzene rings is 1. The average Bonchev–Trinajstić information content (AvgIpc) is 3.12. The maximum atomic E-state index is 13.6. The van der Waals surface area contributed by atoms with Crippen molar-refractivity contribution in [2.45, 2.75) is 30.2 Å². The van der Waals surface area contributed by atoms with Crippen LogP contribution in [0.1, 0.15) is 11.4 Å². The molecule has 1 aromatic carbocycles. The van der Waals surface area contributed by atoms with Crippen LogP contribution < -0.4 is 14.4 Å². The molecule has 10 nitrogen and oxygen atoms in total. The van der Waals surface area contributed by atoms with Crippen molar-refractivity contribution in [3.8, 4) is 5.75 Å². The summed E-state index contributed by atoms with van der Waals surface area (Å²) in [6.45, 7) is 2.64. The molecule has 1 aliphatic rings. The van der Waals surface area contributed by atoms with E-state index < -0.39 is 43.7 Å². The summed E-state index contributed by atoms with van der Waals surface area (Å²) in [7, 11) is -4.43. The standard InChI is InChI=1S/C19H25ClN4O6S2/c1-12-19(13(2)23(3)22-12)32(28,29)24(14-5-7-15(30-4)8-6-14)9-18(25)21-17-11-31(26,27)10-16(17)20/h5-8,16-17H,9-11H2,1-4H3,(H,21,25)/t16-,17+/m0/s1. The number of hydrogen-bond donors (Lipinski definition) is 1. The second-order valence-corrected chi connectivity index (χ2v) is 12.1. The van der Waals surface area contributed by atoms with Gasteiger partial charge < -0.3 is 10.1 Å². The van der Waals surface area contributed by atoms with Crippen molar-refractivity contribution in [1.29, 1.82) is 0 Å². The fourth-order valence-corrected chi connectivity index (χ4v) is 8.00. The van der Waals surface area contributed by atoms with Crippen LogP contribution in [0.25, 0.3) is 0 Å². The van der Waals surface area contributed by atoms with Gasteiger partial charge in [-0.05, 0) is 38.1 Å². The van der Waals surface area contributed by atoms with Crippen LogP contribution in [0.15, 0.2) is 29.2 Å². The molecule has 0 bridgehead atoms. The number of sulfonamides is 1. The van der Waals surface area contributed by atoms with E-state index in [2.05, 4.69) is 10.4 Å². The summed E-state index contributed by atoms with van der Waals surface area (Å²) in [6, 6.07) is 5.41. The van der Waals surface area contributed by atoms with E-state index in [0.29, 0.717) is 17.1 Å². The van der Waals surface area contributed by atoms with Gasteiger partial charge in [0.05, 0.1) is 47.1 Å². The zero-order chi connectivity index (χ0) is 23.8. The van der Waals surface area contributed by atoms with Gasteiger partial charge in [-0.15, -0.1) is 11.6 Å². The lowest BCUT2D eigenvalue weighted by Crippen LogP contribution is -2.47. The number of hydrogen-bond acceptors (Lipinski definition) is 7. The number of rotatable bonds is 7. The summed E-state index contributed by atoms with van der Waals surface area (Å²) in [5.74, 6) is -0.682. The predicted molar refractivity (Wildman–Crippen MR) is 120 cm³/mol. The van der Waals surface area contributed by atoms with Gasteiger partial charge in [-0.2, -0.15) is 5.10 Å². The van der Waals surface area contributed by atoms with E-state index in [4.69, 9.17) is 16.3 Å². The molecule has 2 heterocycles. The lowest BCUT2D eigenvalue weighted by Gasteiger charge is -2.25. The highest BCUT2D eigenvalue weighted by Gasteiger charge is 2.38. The molecule has 0 spiro atoms. The number of ether oxygens (including phenoxy) is 1. The number of sulfone groups is 1. The molecule has 0 radical (unpaired) electrons. The van der Waals surface area contributed by atoms with Crippen LogP contribution in [0.3, 0.4) is 0 Å². The Kier molecular flexibility index (Phi) is 6.78. The fourth-order valence-electron chi connectivity index (χ4n) is 3.62. The number of aryl methyl sites for hydroxylation is 2. The molecule has 1 saturated heterocycles. The number of carbonyl (C=O) groups is 1. The van der Waals surface area contributed by atoms with Crippen LogP contribution in [0.2, 0.25) is 0 Å². The molecule has 2 atom stereocenters. The van der Waals surface area contributed by atoms with E-state index in [1.54, 1.807) is 33.0 Å². The highest BCUT2D eigenvalue weighted by Crippen LogP contribution is 2.29. The maximum Gasteiger partial charge on any atom is 0.268 e. The first-order valence-corrected chi connectivity index (χ1v) is 13.4. The van der Waals surface area contributed by atoms with E-state index in [1.807, 2.05) is 0 Å². The Balaban J connectivity index is 1.96. The first kappa shape index (κ1) is 24.3. The Morgan fingerprint density at radius 1 is 1.28 bits per heavy atom. The third-order valence-corrected chi connectivity index (χ3v) is 9.67. The third-order valence-electron chi connectivity index (χ3n) is 5.27. The van der Waals surface area contributed by atoms with Crippen LogP contribution in [0, 0.1) is 13.8 Å². The SMILES string of the molecule is COc1ccc(N(CC(=O)N[C@@H]2CS(=O)(=O)C[C@@H]2Cl)S(=O)(=O)c2c(C)nn(C)c2C)cc1. The molecule has 1 N–H and O–H groups in total. The Morgan fingerprint density at radius 2 is 1.91 bits per heavy atom. The number of nitrogens with zero attached hydrogens (tertiary/aromatic N) is 3. The summed E-state index contributed by atoms with van der Waals surface area (Å²) >= 11 is 6.07. The molecule has 1 fully saturated rings. The second-order valence-electron chi connectivity index (χ2n) is 7.60. The number of nitrogens with one attached hydrogen (secondary N) is 1. The zero-order valence-corrected chi connectivity index (χ0v) is 20.5. The topological polar surface area (TPSA) is 128 Å². The smallest absolute Gasteiger partial charge is 0.268 e. The minimum atomic E-state index is -4.18. The molecule has 1 aromatic heterocycles. The number of halogens is 1. The first-order chi connectivity index (χ1) is 14.9. The molecular weight excluding hydrogens is 480 g/mol. The first-order valence-electron chi connectivity index (χ1n) is 9.66. The fraction of sp³-hybridized carbons (Fsp3) is 0.474. The summed E-state index contributed by atoms with van der Waals surface area (Å²) in [5, 5.41) is 5.96. The predicted octanol–water partition coefficient (Wildman–Crippen LogP) is 0.761. The van der Waals surface area contributed by atoms with E-state index in [1.165, 1.54) is 23.9 Å². The molecule has 1 aliphatic heterocycles. The number of amides is 1. The number of alkyl halides is 1. The lowest BCUT2D eigenvalue weighted by atomic mass is 10.2. The van der Waals surface area contributed by atoms with Crippen LogP contribution in [-0.2, 0) is 31.7 Å². The highest BCUT2D eigenvalue weighted by molar-refractivity contribution is 7.93. The number of aromatic nitrogens is 2. The Hall–Kier alpha value is -2.31. The monoisotopic (exact) mass is 504 g/mol.